The minimum absolute atomic E-state index is 0.910. The summed E-state index contributed by atoms with van der Waals surface area (Å²) in [7, 11) is 0. The summed E-state index contributed by atoms with van der Waals surface area (Å²) in [6.07, 6.45) is 0. The molecule has 1 N–H and O–H groups in total. The van der Waals surface area contributed by atoms with Gasteiger partial charge in [-0.1, -0.05) is 13.8 Å². The fraction of sp³-hybridized carbons (Fsp3) is 0.667. The Labute approximate surface area is 97.7 Å². The topological polar surface area (TPSA) is 28.2 Å². The molecule has 5 heteroatoms. The van der Waals surface area contributed by atoms with E-state index >= 15 is 0 Å². The first kappa shape index (κ1) is 11.9. The smallest absolute Gasteiger partial charge is 0.183 e. The standard InChI is InChI=1S/C9H16BrN3S/c1-3-13(4-2)6-5-11-9-12-8(10)7-14-9/h7H,3-6H2,1-2H3,(H,11,12). The highest BCUT2D eigenvalue weighted by atomic mass is 79.9. The van der Waals surface area contributed by atoms with Crippen LogP contribution in [0.1, 0.15) is 13.8 Å². The summed E-state index contributed by atoms with van der Waals surface area (Å²) >= 11 is 4.96. The summed E-state index contributed by atoms with van der Waals surface area (Å²) in [5.74, 6) is 0. The van der Waals surface area contributed by atoms with E-state index in [0.717, 1.165) is 35.9 Å². The Kier molecular flexibility index (Phi) is 5.44. The quantitative estimate of drug-likeness (QED) is 0.867. The third-order valence-electron chi connectivity index (χ3n) is 2.07. The van der Waals surface area contributed by atoms with Gasteiger partial charge in [0.1, 0.15) is 4.60 Å². The number of anilines is 1. The molecule has 1 heterocycles. The third kappa shape index (κ3) is 3.94. The van der Waals surface area contributed by atoms with Crippen LogP contribution in [-0.2, 0) is 0 Å². The highest BCUT2D eigenvalue weighted by Gasteiger charge is 2.00. The number of halogens is 1. The lowest BCUT2D eigenvalue weighted by molar-refractivity contribution is 0.316. The summed E-state index contributed by atoms with van der Waals surface area (Å²) < 4.78 is 0.910. The Morgan fingerprint density at radius 2 is 2.21 bits per heavy atom. The van der Waals surface area contributed by atoms with Gasteiger partial charge in [-0.25, -0.2) is 4.98 Å². The zero-order valence-electron chi connectivity index (χ0n) is 8.59. The van der Waals surface area contributed by atoms with Gasteiger partial charge in [-0.2, -0.15) is 0 Å². The molecule has 0 aliphatic carbocycles. The van der Waals surface area contributed by atoms with Crippen molar-refractivity contribution in [2.45, 2.75) is 13.8 Å². The molecule has 0 radical (unpaired) electrons. The molecule has 0 saturated heterocycles. The van der Waals surface area contributed by atoms with Gasteiger partial charge in [-0.3, -0.25) is 0 Å². The van der Waals surface area contributed by atoms with Crippen LogP contribution in [0.3, 0.4) is 0 Å². The second kappa shape index (κ2) is 6.37. The van der Waals surface area contributed by atoms with E-state index in [-0.39, 0.29) is 0 Å². The summed E-state index contributed by atoms with van der Waals surface area (Å²) in [4.78, 5) is 6.65. The monoisotopic (exact) mass is 277 g/mol. The Morgan fingerprint density at radius 3 is 2.71 bits per heavy atom. The lowest BCUT2D eigenvalue weighted by Crippen LogP contribution is -2.28. The largest absolute Gasteiger partial charge is 0.360 e. The van der Waals surface area contributed by atoms with Gasteiger partial charge in [0, 0.05) is 18.5 Å². The van der Waals surface area contributed by atoms with Gasteiger partial charge in [0.2, 0.25) is 0 Å². The fourth-order valence-corrected chi connectivity index (χ4v) is 2.37. The second-order valence-electron chi connectivity index (χ2n) is 2.93. The lowest BCUT2D eigenvalue weighted by Gasteiger charge is -2.17. The molecule has 0 aliphatic rings. The highest BCUT2D eigenvalue weighted by Crippen LogP contribution is 2.18. The summed E-state index contributed by atoms with van der Waals surface area (Å²) in [5.41, 5.74) is 0. The van der Waals surface area contributed by atoms with Crippen molar-refractivity contribution in [1.82, 2.24) is 9.88 Å². The average Bonchev–Trinajstić information content (AvgIpc) is 2.59. The van der Waals surface area contributed by atoms with Crippen LogP contribution in [0, 0.1) is 0 Å². The molecule has 1 rings (SSSR count). The van der Waals surface area contributed by atoms with E-state index in [9.17, 15) is 0 Å². The normalized spacial score (nSPS) is 10.9. The molecule has 0 unspecified atom stereocenters. The van der Waals surface area contributed by atoms with Crippen LogP contribution < -0.4 is 5.32 Å². The molecule has 0 spiro atoms. The predicted molar refractivity (Wildman–Crippen MR) is 66.1 cm³/mol. The Bertz CT molecular complexity index is 260. The Hall–Kier alpha value is -0.130. The van der Waals surface area contributed by atoms with E-state index in [2.05, 4.69) is 45.0 Å². The van der Waals surface area contributed by atoms with Crippen LogP contribution in [0.15, 0.2) is 9.98 Å². The molecule has 0 fully saturated rings. The van der Waals surface area contributed by atoms with Gasteiger partial charge in [0.25, 0.3) is 0 Å². The number of nitrogens with zero attached hydrogens (tertiary/aromatic N) is 2. The van der Waals surface area contributed by atoms with E-state index in [1.165, 1.54) is 0 Å². The number of nitrogens with one attached hydrogen (secondary N) is 1. The number of rotatable bonds is 6. The van der Waals surface area contributed by atoms with Crippen molar-refractivity contribution in [1.29, 1.82) is 0 Å². The van der Waals surface area contributed by atoms with Gasteiger partial charge in [-0.15, -0.1) is 11.3 Å². The van der Waals surface area contributed by atoms with Crippen molar-refractivity contribution in [2.24, 2.45) is 0 Å². The van der Waals surface area contributed by atoms with E-state index in [1.807, 2.05) is 5.38 Å². The summed E-state index contributed by atoms with van der Waals surface area (Å²) in [5, 5.41) is 6.28. The van der Waals surface area contributed by atoms with Gasteiger partial charge in [-0.05, 0) is 29.0 Å². The predicted octanol–water partition coefficient (Wildman–Crippen LogP) is 2.66. The molecule has 80 valence electrons. The molecule has 0 aliphatic heterocycles. The fourth-order valence-electron chi connectivity index (χ4n) is 1.20. The highest BCUT2D eigenvalue weighted by molar-refractivity contribution is 9.10. The first-order valence-electron chi connectivity index (χ1n) is 4.83. The van der Waals surface area contributed by atoms with Gasteiger partial charge >= 0.3 is 0 Å². The first-order chi connectivity index (χ1) is 6.76. The summed E-state index contributed by atoms with van der Waals surface area (Å²) in [6, 6.07) is 0. The number of likely N-dealkylation sites (N-methyl/N-ethyl adjacent to an activating group) is 1. The maximum atomic E-state index is 4.26. The van der Waals surface area contributed by atoms with E-state index in [0.29, 0.717) is 0 Å². The first-order valence-corrected chi connectivity index (χ1v) is 6.50. The SMILES string of the molecule is CCN(CC)CCNc1nc(Br)cs1. The molecule has 0 saturated carbocycles. The van der Waals surface area contributed by atoms with Crippen LogP contribution in [0.2, 0.25) is 0 Å². The maximum Gasteiger partial charge on any atom is 0.183 e. The molecule has 3 nitrogen and oxygen atoms in total. The molecule has 0 atom stereocenters. The molecule has 0 amide bonds. The summed E-state index contributed by atoms with van der Waals surface area (Å²) in [6.45, 7) is 8.62. The van der Waals surface area contributed by atoms with Gasteiger partial charge < -0.3 is 10.2 Å². The van der Waals surface area contributed by atoms with E-state index in [1.54, 1.807) is 11.3 Å². The zero-order valence-corrected chi connectivity index (χ0v) is 11.0. The number of thiazole rings is 1. The zero-order chi connectivity index (χ0) is 10.4. The Balaban J connectivity index is 2.21. The number of hydrogen-bond donors (Lipinski definition) is 1. The minimum Gasteiger partial charge on any atom is -0.360 e. The van der Waals surface area contributed by atoms with Crippen molar-refractivity contribution in [3.63, 3.8) is 0 Å². The van der Waals surface area contributed by atoms with Crippen LogP contribution in [0.5, 0.6) is 0 Å². The van der Waals surface area contributed by atoms with E-state index in [4.69, 9.17) is 0 Å². The molecule has 0 aromatic carbocycles. The van der Waals surface area contributed by atoms with Crippen LogP contribution in [0.25, 0.3) is 0 Å². The maximum absolute atomic E-state index is 4.26. The van der Waals surface area contributed by atoms with Crippen molar-refractivity contribution in [2.75, 3.05) is 31.5 Å². The molecule has 1 aromatic rings. The van der Waals surface area contributed by atoms with E-state index < -0.39 is 0 Å². The van der Waals surface area contributed by atoms with Gasteiger partial charge in [0.15, 0.2) is 5.13 Å². The average molecular weight is 278 g/mol. The molecular formula is C9H16BrN3S. The van der Waals surface area contributed by atoms with Gasteiger partial charge in [0.05, 0.1) is 0 Å². The van der Waals surface area contributed by atoms with Crippen molar-refractivity contribution < 1.29 is 0 Å². The molecule has 0 bridgehead atoms. The number of aromatic nitrogens is 1. The third-order valence-corrected chi connectivity index (χ3v) is 3.58. The molecular weight excluding hydrogens is 262 g/mol. The van der Waals surface area contributed by atoms with Crippen LogP contribution in [0.4, 0.5) is 5.13 Å². The molecule has 1 aromatic heterocycles. The minimum atomic E-state index is 0.910. The van der Waals surface area contributed by atoms with Crippen molar-refractivity contribution >= 4 is 32.4 Å². The lowest BCUT2D eigenvalue weighted by atomic mass is 10.5. The Morgan fingerprint density at radius 1 is 1.50 bits per heavy atom. The number of hydrogen-bond acceptors (Lipinski definition) is 4. The van der Waals surface area contributed by atoms with Crippen LogP contribution >= 0.6 is 27.3 Å². The van der Waals surface area contributed by atoms with Crippen molar-refractivity contribution in [3.05, 3.63) is 9.98 Å². The van der Waals surface area contributed by atoms with Crippen LogP contribution in [-0.4, -0.2) is 36.1 Å². The second-order valence-corrected chi connectivity index (χ2v) is 4.60. The molecule has 14 heavy (non-hydrogen) atoms. The van der Waals surface area contributed by atoms with Crippen molar-refractivity contribution in [3.8, 4) is 0 Å².